The van der Waals surface area contributed by atoms with Gasteiger partial charge in [0, 0.05) is 9.89 Å². The van der Waals surface area contributed by atoms with Crippen molar-refractivity contribution in [3.05, 3.63) is 39.9 Å². The summed E-state index contributed by atoms with van der Waals surface area (Å²) in [4.78, 5) is 16.3. The summed E-state index contributed by atoms with van der Waals surface area (Å²) in [6.07, 6.45) is 0. The molecule has 106 valence electrons. The molecule has 0 unspecified atom stereocenters. The lowest BCUT2D eigenvalue weighted by Gasteiger charge is -2.12. The molecule has 0 bridgehead atoms. The Bertz CT molecular complexity index is 643. The van der Waals surface area contributed by atoms with Gasteiger partial charge in [0.25, 0.3) is 5.91 Å². The number of carbonyl (C=O) groups is 1. The minimum Gasteiger partial charge on any atom is -0.318 e. The van der Waals surface area contributed by atoms with Gasteiger partial charge in [-0.2, -0.15) is 0 Å². The van der Waals surface area contributed by atoms with Crippen LogP contribution in [0.5, 0.6) is 0 Å². The summed E-state index contributed by atoms with van der Waals surface area (Å²) < 4.78 is 0.831. The highest BCUT2D eigenvalue weighted by Gasteiger charge is 2.21. The molecule has 1 aromatic heterocycles. The highest BCUT2D eigenvalue weighted by Crippen LogP contribution is 2.24. The van der Waals surface area contributed by atoms with Gasteiger partial charge in [0.2, 0.25) is 5.82 Å². The third-order valence-corrected chi connectivity index (χ3v) is 3.43. The zero-order valence-corrected chi connectivity index (χ0v) is 13.5. The molecule has 0 atom stereocenters. The molecule has 1 aromatic carbocycles. The quantitative estimate of drug-likeness (QED) is 0.882. The summed E-state index contributed by atoms with van der Waals surface area (Å²) in [5.74, 6) is 0.495. The van der Waals surface area contributed by atoms with E-state index in [0.717, 1.165) is 10.0 Å². The largest absolute Gasteiger partial charge is 0.318 e. The van der Waals surface area contributed by atoms with Gasteiger partial charge in [-0.25, -0.2) is 4.98 Å². The van der Waals surface area contributed by atoms with Gasteiger partial charge in [-0.05, 0) is 40.5 Å². The van der Waals surface area contributed by atoms with Crippen LogP contribution in [0.1, 0.15) is 42.8 Å². The van der Waals surface area contributed by atoms with Crippen molar-refractivity contribution in [3.63, 3.8) is 0 Å². The number of halogens is 1. The van der Waals surface area contributed by atoms with Crippen LogP contribution in [0, 0.1) is 6.92 Å². The number of hydrogen-bond acceptors (Lipinski definition) is 3. The van der Waals surface area contributed by atoms with E-state index in [-0.39, 0.29) is 17.1 Å². The van der Waals surface area contributed by atoms with E-state index in [1.807, 2.05) is 45.9 Å². The Morgan fingerprint density at radius 2 is 2.05 bits per heavy atom. The molecule has 0 aliphatic carbocycles. The van der Waals surface area contributed by atoms with Crippen molar-refractivity contribution in [2.45, 2.75) is 33.1 Å². The molecule has 0 saturated heterocycles. The standard InChI is InChI=1S/C14H17BrN4O/c1-8-5-6-10(9(15)7-8)16-12(20)11-17-13(19-18-11)14(2,3)4/h5-7H,1-4H3,(H,16,20)(H,17,18,19). The fourth-order valence-corrected chi connectivity index (χ4v) is 2.19. The van der Waals surface area contributed by atoms with Crippen molar-refractivity contribution < 1.29 is 4.79 Å². The second-order valence-electron chi connectivity index (χ2n) is 5.70. The fraction of sp³-hybridized carbons (Fsp3) is 0.357. The first-order valence-electron chi connectivity index (χ1n) is 6.28. The summed E-state index contributed by atoms with van der Waals surface area (Å²) in [5, 5.41) is 9.55. The Kier molecular flexibility index (Phi) is 3.94. The van der Waals surface area contributed by atoms with Crippen LogP contribution in [0.2, 0.25) is 0 Å². The number of amides is 1. The number of H-pyrrole nitrogens is 1. The number of aryl methyl sites for hydroxylation is 1. The molecule has 0 aliphatic heterocycles. The molecule has 1 heterocycles. The van der Waals surface area contributed by atoms with Crippen molar-refractivity contribution in [1.29, 1.82) is 0 Å². The lowest BCUT2D eigenvalue weighted by molar-refractivity contribution is 0.101. The van der Waals surface area contributed by atoms with Gasteiger partial charge in [-0.1, -0.05) is 26.8 Å². The van der Waals surface area contributed by atoms with E-state index in [1.54, 1.807) is 0 Å². The van der Waals surface area contributed by atoms with Crippen LogP contribution in [-0.2, 0) is 5.41 Å². The van der Waals surface area contributed by atoms with Gasteiger partial charge in [-0.3, -0.25) is 9.89 Å². The molecule has 0 spiro atoms. The smallest absolute Gasteiger partial charge is 0.295 e. The van der Waals surface area contributed by atoms with E-state index in [2.05, 4.69) is 36.4 Å². The molecule has 0 radical (unpaired) electrons. The average Bonchev–Trinajstić information content (AvgIpc) is 2.82. The number of hydrogen-bond donors (Lipinski definition) is 2. The Morgan fingerprint density at radius 1 is 1.35 bits per heavy atom. The van der Waals surface area contributed by atoms with Crippen LogP contribution in [0.3, 0.4) is 0 Å². The van der Waals surface area contributed by atoms with Gasteiger partial charge in [0.05, 0.1) is 5.69 Å². The van der Waals surface area contributed by atoms with E-state index >= 15 is 0 Å². The predicted molar refractivity (Wildman–Crippen MR) is 81.9 cm³/mol. The summed E-state index contributed by atoms with van der Waals surface area (Å²) >= 11 is 3.42. The first-order chi connectivity index (χ1) is 9.27. The highest BCUT2D eigenvalue weighted by atomic mass is 79.9. The Balaban J connectivity index is 2.18. The molecule has 1 amide bonds. The van der Waals surface area contributed by atoms with Crippen LogP contribution in [0.25, 0.3) is 0 Å². The number of aromatic nitrogens is 3. The van der Waals surface area contributed by atoms with Crippen LogP contribution >= 0.6 is 15.9 Å². The molecule has 0 saturated carbocycles. The number of anilines is 1. The lowest BCUT2D eigenvalue weighted by atomic mass is 9.96. The van der Waals surface area contributed by atoms with E-state index in [4.69, 9.17) is 0 Å². The van der Waals surface area contributed by atoms with E-state index in [0.29, 0.717) is 11.5 Å². The van der Waals surface area contributed by atoms with Crippen molar-refractivity contribution >= 4 is 27.5 Å². The van der Waals surface area contributed by atoms with Crippen molar-refractivity contribution in [2.75, 3.05) is 5.32 Å². The molecule has 5 nitrogen and oxygen atoms in total. The summed E-state index contributed by atoms with van der Waals surface area (Å²) in [6, 6.07) is 5.71. The van der Waals surface area contributed by atoms with Crippen LogP contribution in [0.15, 0.2) is 22.7 Å². The molecule has 6 heteroatoms. The van der Waals surface area contributed by atoms with E-state index in [9.17, 15) is 4.79 Å². The van der Waals surface area contributed by atoms with Gasteiger partial charge in [0.15, 0.2) is 0 Å². The van der Waals surface area contributed by atoms with Gasteiger partial charge in [-0.15, -0.1) is 5.10 Å². The SMILES string of the molecule is Cc1ccc(NC(=O)c2n[nH]c(C(C)(C)C)n2)c(Br)c1. The number of carbonyl (C=O) groups excluding carboxylic acids is 1. The average molecular weight is 337 g/mol. The molecular formula is C14H17BrN4O. The molecule has 2 aromatic rings. The first kappa shape index (κ1) is 14.7. The van der Waals surface area contributed by atoms with Crippen molar-refractivity contribution in [3.8, 4) is 0 Å². The Morgan fingerprint density at radius 3 is 2.60 bits per heavy atom. The zero-order chi connectivity index (χ0) is 14.9. The normalized spacial score (nSPS) is 11.4. The number of benzene rings is 1. The highest BCUT2D eigenvalue weighted by molar-refractivity contribution is 9.10. The molecule has 0 fully saturated rings. The minimum atomic E-state index is -0.332. The monoisotopic (exact) mass is 336 g/mol. The predicted octanol–water partition coefficient (Wildman–Crippen LogP) is 3.43. The summed E-state index contributed by atoms with van der Waals surface area (Å²) in [5.41, 5.74) is 1.64. The van der Waals surface area contributed by atoms with E-state index < -0.39 is 0 Å². The fourth-order valence-electron chi connectivity index (χ4n) is 1.60. The number of nitrogens with one attached hydrogen (secondary N) is 2. The lowest BCUT2D eigenvalue weighted by Crippen LogP contribution is -2.16. The maximum atomic E-state index is 12.1. The number of rotatable bonds is 2. The second-order valence-corrected chi connectivity index (χ2v) is 6.55. The maximum absolute atomic E-state index is 12.1. The van der Waals surface area contributed by atoms with Crippen molar-refractivity contribution in [1.82, 2.24) is 15.2 Å². The topological polar surface area (TPSA) is 70.7 Å². The third-order valence-electron chi connectivity index (χ3n) is 2.77. The third kappa shape index (κ3) is 3.25. The molecule has 2 N–H and O–H groups in total. The number of nitrogens with zero attached hydrogens (tertiary/aromatic N) is 2. The Labute approximate surface area is 126 Å². The second kappa shape index (κ2) is 5.36. The van der Waals surface area contributed by atoms with Crippen LogP contribution < -0.4 is 5.32 Å². The summed E-state index contributed by atoms with van der Waals surface area (Å²) in [7, 11) is 0. The molecule has 20 heavy (non-hydrogen) atoms. The Hall–Kier alpha value is -1.69. The summed E-state index contributed by atoms with van der Waals surface area (Å²) in [6.45, 7) is 8.00. The molecular weight excluding hydrogens is 320 g/mol. The van der Waals surface area contributed by atoms with Gasteiger partial charge in [0.1, 0.15) is 5.82 Å². The van der Waals surface area contributed by atoms with Crippen LogP contribution in [0.4, 0.5) is 5.69 Å². The molecule has 2 rings (SSSR count). The van der Waals surface area contributed by atoms with Crippen molar-refractivity contribution in [2.24, 2.45) is 0 Å². The van der Waals surface area contributed by atoms with Gasteiger partial charge >= 0.3 is 0 Å². The first-order valence-corrected chi connectivity index (χ1v) is 7.07. The van der Waals surface area contributed by atoms with Gasteiger partial charge < -0.3 is 5.32 Å². The maximum Gasteiger partial charge on any atom is 0.295 e. The number of aromatic amines is 1. The minimum absolute atomic E-state index is 0.141. The zero-order valence-electron chi connectivity index (χ0n) is 11.9. The van der Waals surface area contributed by atoms with Crippen LogP contribution in [-0.4, -0.2) is 21.1 Å². The van der Waals surface area contributed by atoms with E-state index in [1.165, 1.54) is 0 Å². The molecule has 0 aliphatic rings.